The van der Waals surface area contributed by atoms with Crippen molar-refractivity contribution in [1.29, 1.82) is 0 Å². The number of rotatable bonds is 5. The molecule has 2 aromatic rings. The van der Waals surface area contributed by atoms with Gasteiger partial charge in [-0.25, -0.2) is 4.79 Å². The maximum atomic E-state index is 13.0. The first-order valence-electron chi connectivity index (χ1n) is 9.38. The van der Waals surface area contributed by atoms with Crippen LogP contribution in [0.25, 0.3) is 0 Å². The summed E-state index contributed by atoms with van der Waals surface area (Å²) < 4.78 is 12.6. The van der Waals surface area contributed by atoms with Crippen LogP contribution < -0.4 is 14.8 Å². The molecule has 1 N–H and O–H groups in total. The summed E-state index contributed by atoms with van der Waals surface area (Å²) in [6.07, 6.45) is 0.280. The highest BCUT2D eigenvalue weighted by molar-refractivity contribution is 6.11. The van der Waals surface area contributed by atoms with Gasteiger partial charge in [0.05, 0.1) is 6.54 Å². The van der Waals surface area contributed by atoms with Gasteiger partial charge < -0.3 is 19.4 Å². The number of aromatic nitrogens is 1. The Hall–Kier alpha value is -3.29. The molecular weight excluding hydrogens is 374 g/mol. The Labute approximate surface area is 168 Å². The second-order valence-electron chi connectivity index (χ2n) is 7.78. The van der Waals surface area contributed by atoms with E-state index in [0.29, 0.717) is 17.1 Å². The predicted molar refractivity (Wildman–Crippen MR) is 104 cm³/mol. The minimum atomic E-state index is -1.13. The molecule has 0 spiro atoms. The van der Waals surface area contributed by atoms with Gasteiger partial charge in [0.15, 0.2) is 17.3 Å². The number of aryl methyl sites for hydroxylation is 1. The van der Waals surface area contributed by atoms with E-state index in [1.54, 1.807) is 25.1 Å². The van der Waals surface area contributed by atoms with Gasteiger partial charge in [0.25, 0.3) is 5.91 Å². The number of nitrogens with one attached hydrogen (secondary N) is 1. The van der Waals surface area contributed by atoms with Crippen molar-refractivity contribution in [2.24, 2.45) is 7.05 Å². The maximum absolute atomic E-state index is 13.0. The summed E-state index contributed by atoms with van der Waals surface area (Å²) in [5.41, 5.74) is 1.97. The van der Waals surface area contributed by atoms with E-state index in [0.717, 1.165) is 21.9 Å². The fourth-order valence-electron chi connectivity index (χ4n) is 3.84. The third-order valence-corrected chi connectivity index (χ3v) is 5.72. The van der Waals surface area contributed by atoms with Gasteiger partial charge in [-0.15, -0.1) is 0 Å². The van der Waals surface area contributed by atoms with Crippen molar-refractivity contribution in [2.45, 2.75) is 32.7 Å². The predicted octanol–water partition coefficient (Wildman–Crippen LogP) is 2.11. The second kappa shape index (κ2) is 6.65. The molecule has 29 heavy (non-hydrogen) atoms. The summed E-state index contributed by atoms with van der Waals surface area (Å²) in [6.45, 7) is 5.29. The molecule has 1 atom stereocenters. The summed E-state index contributed by atoms with van der Waals surface area (Å²) in [7, 11) is 1.87. The molecule has 8 heteroatoms. The van der Waals surface area contributed by atoms with E-state index < -0.39 is 17.5 Å². The highest BCUT2D eigenvalue weighted by Gasteiger charge is 2.48. The van der Waals surface area contributed by atoms with Gasteiger partial charge in [-0.3, -0.25) is 14.5 Å². The van der Waals surface area contributed by atoms with Crippen LogP contribution in [0.1, 0.15) is 34.2 Å². The van der Waals surface area contributed by atoms with Gasteiger partial charge in [-0.2, -0.15) is 0 Å². The first kappa shape index (κ1) is 19.0. The number of imide groups is 1. The van der Waals surface area contributed by atoms with Gasteiger partial charge in [0, 0.05) is 30.4 Å². The number of benzene rings is 1. The Morgan fingerprint density at radius 3 is 2.59 bits per heavy atom. The van der Waals surface area contributed by atoms with Crippen LogP contribution in [-0.2, 0) is 18.3 Å². The highest BCUT2D eigenvalue weighted by Crippen LogP contribution is 2.34. The molecule has 3 heterocycles. The molecule has 1 saturated heterocycles. The van der Waals surface area contributed by atoms with Gasteiger partial charge in [0.1, 0.15) is 5.54 Å². The van der Waals surface area contributed by atoms with Crippen molar-refractivity contribution in [1.82, 2.24) is 14.8 Å². The average Bonchev–Trinajstić information content (AvgIpc) is 3.30. The molecule has 1 fully saturated rings. The number of fused-ring (bicyclic) bond motifs is 1. The van der Waals surface area contributed by atoms with Crippen LogP contribution in [0.5, 0.6) is 11.5 Å². The smallest absolute Gasteiger partial charge is 0.325 e. The monoisotopic (exact) mass is 397 g/mol. The molecule has 2 aliphatic heterocycles. The molecule has 0 aliphatic carbocycles. The van der Waals surface area contributed by atoms with Gasteiger partial charge >= 0.3 is 6.03 Å². The molecule has 0 radical (unpaired) electrons. The number of ketones is 1. The van der Waals surface area contributed by atoms with Crippen LogP contribution in [0.2, 0.25) is 0 Å². The number of carbonyl (C=O) groups is 3. The SMILES string of the molecule is Cc1cc(C(=O)CN2C(=O)N[C@@](C)(Cc3ccc4c(c3)OCO4)C2=O)c(C)n1C. The van der Waals surface area contributed by atoms with E-state index in [4.69, 9.17) is 9.47 Å². The molecule has 8 nitrogen and oxygen atoms in total. The number of hydrogen-bond acceptors (Lipinski definition) is 5. The van der Waals surface area contributed by atoms with Gasteiger partial charge in [-0.1, -0.05) is 6.07 Å². The van der Waals surface area contributed by atoms with Crippen molar-refractivity contribution in [3.63, 3.8) is 0 Å². The first-order chi connectivity index (χ1) is 13.7. The Morgan fingerprint density at radius 2 is 1.90 bits per heavy atom. The maximum Gasteiger partial charge on any atom is 0.325 e. The van der Waals surface area contributed by atoms with Crippen LogP contribution in [0.15, 0.2) is 24.3 Å². The summed E-state index contributed by atoms with van der Waals surface area (Å²) >= 11 is 0. The normalized spacial score (nSPS) is 20.3. The molecule has 0 bridgehead atoms. The zero-order valence-corrected chi connectivity index (χ0v) is 16.9. The van der Waals surface area contributed by atoms with Crippen molar-refractivity contribution in [3.05, 3.63) is 46.8 Å². The minimum Gasteiger partial charge on any atom is -0.454 e. The summed E-state index contributed by atoms with van der Waals surface area (Å²) in [5, 5.41) is 2.74. The van der Waals surface area contributed by atoms with Crippen LogP contribution >= 0.6 is 0 Å². The fourth-order valence-corrected chi connectivity index (χ4v) is 3.84. The lowest BCUT2D eigenvalue weighted by Gasteiger charge is -2.21. The van der Waals surface area contributed by atoms with Crippen LogP contribution in [0.4, 0.5) is 4.79 Å². The lowest BCUT2D eigenvalue weighted by atomic mass is 9.92. The third-order valence-electron chi connectivity index (χ3n) is 5.72. The Morgan fingerprint density at radius 1 is 1.17 bits per heavy atom. The third kappa shape index (κ3) is 3.14. The van der Waals surface area contributed by atoms with E-state index >= 15 is 0 Å². The number of amides is 3. The lowest BCUT2D eigenvalue weighted by molar-refractivity contribution is -0.130. The lowest BCUT2D eigenvalue weighted by Crippen LogP contribution is -2.46. The minimum absolute atomic E-state index is 0.167. The summed E-state index contributed by atoms with van der Waals surface area (Å²) in [5.74, 6) is 0.590. The fraction of sp³-hybridized carbons (Fsp3) is 0.381. The Kier molecular flexibility index (Phi) is 4.37. The zero-order chi connectivity index (χ0) is 20.9. The highest BCUT2D eigenvalue weighted by atomic mass is 16.7. The van der Waals surface area contributed by atoms with Crippen molar-refractivity contribution >= 4 is 17.7 Å². The Bertz CT molecular complexity index is 1040. The number of nitrogens with zero attached hydrogens (tertiary/aromatic N) is 2. The molecular formula is C21H23N3O5. The summed E-state index contributed by atoms with van der Waals surface area (Å²) in [6, 6.07) is 6.64. The summed E-state index contributed by atoms with van der Waals surface area (Å²) in [4.78, 5) is 39.3. The molecule has 4 rings (SSSR count). The molecule has 152 valence electrons. The van der Waals surface area contributed by atoms with E-state index in [1.165, 1.54) is 0 Å². The van der Waals surface area contributed by atoms with Crippen LogP contribution in [-0.4, -0.2) is 46.1 Å². The second-order valence-corrected chi connectivity index (χ2v) is 7.78. The standard InChI is InChI=1S/C21H23N3O5/c1-12-7-15(13(2)23(12)4)16(25)10-24-19(26)21(3,22-20(24)27)9-14-5-6-17-18(8-14)29-11-28-17/h5-8H,9-11H2,1-4H3,(H,22,27)/t21-/m0/s1. The first-order valence-corrected chi connectivity index (χ1v) is 9.38. The van der Waals surface area contributed by atoms with E-state index in [9.17, 15) is 14.4 Å². The van der Waals surface area contributed by atoms with Crippen molar-refractivity contribution < 1.29 is 23.9 Å². The topological polar surface area (TPSA) is 89.9 Å². The van der Waals surface area contributed by atoms with Crippen LogP contribution in [0.3, 0.4) is 0 Å². The number of carbonyl (C=O) groups excluding carboxylic acids is 3. The van der Waals surface area contributed by atoms with E-state index in [1.807, 2.05) is 31.5 Å². The molecule has 3 amide bonds. The zero-order valence-electron chi connectivity index (χ0n) is 16.9. The number of Topliss-reactive ketones (excluding diaryl/α,β-unsaturated/α-hetero) is 1. The molecule has 0 unspecified atom stereocenters. The van der Waals surface area contributed by atoms with Gasteiger partial charge in [-0.05, 0) is 44.5 Å². The molecule has 2 aliphatic rings. The van der Waals surface area contributed by atoms with Crippen LogP contribution in [0, 0.1) is 13.8 Å². The van der Waals surface area contributed by atoms with E-state index in [2.05, 4.69) is 5.32 Å². The molecule has 1 aromatic heterocycles. The number of ether oxygens (including phenoxy) is 2. The molecule has 1 aromatic carbocycles. The largest absolute Gasteiger partial charge is 0.454 e. The van der Waals surface area contributed by atoms with E-state index in [-0.39, 0.29) is 25.5 Å². The Balaban J connectivity index is 1.52. The number of urea groups is 1. The van der Waals surface area contributed by atoms with Crippen molar-refractivity contribution in [2.75, 3.05) is 13.3 Å². The quantitative estimate of drug-likeness (QED) is 0.617. The number of hydrogen-bond donors (Lipinski definition) is 1. The molecule has 0 saturated carbocycles. The average molecular weight is 397 g/mol. The van der Waals surface area contributed by atoms with Gasteiger partial charge in [0.2, 0.25) is 6.79 Å². The van der Waals surface area contributed by atoms with Crippen molar-refractivity contribution in [3.8, 4) is 11.5 Å².